The molecule has 23 heavy (non-hydrogen) atoms. The second kappa shape index (κ2) is 5.76. The first kappa shape index (κ1) is 15.1. The van der Waals surface area contributed by atoms with Crippen molar-refractivity contribution in [3.05, 3.63) is 59.7 Å². The molecule has 2 aromatic rings. The molecule has 118 valence electrons. The Kier molecular flexibility index (Phi) is 3.78. The van der Waals surface area contributed by atoms with Gasteiger partial charge in [-0.05, 0) is 42.0 Å². The second-order valence-corrected chi connectivity index (χ2v) is 5.57. The van der Waals surface area contributed by atoms with E-state index in [2.05, 4.69) is 0 Å². The predicted octanol–water partition coefficient (Wildman–Crippen LogP) is 3.12. The third kappa shape index (κ3) is 2.54. The van der Waals surface area contributed by atoms with Crippen molar-refractivity contribution in [1.29, 1.82) is 0 Å². The number of hydrogen-bond acceptors (Lipinski definition) is 3. The van der Waals surface area contributed by atoms with Crippen LogP contribution in [0.25, 0.3) is 0 Å². The van der Waals surface area contributed by atoms with Crippen molar-refractivity contribution in [2.24, 2.45) is 5.92 Å². The van der Waals surface area contributed by atoms with E-state index in [-0.39, 0.29) is 23.4 Å². The van der Waals surface area contributed by atoms with Gasteiger partial charge in [0.2, 0.25) is 5.91 Å². The van der Waals surface area contributed by atoms with Gasteiger partial charge < -0.3 is 14.7 Å². The van der Waals surface area contributed by atoms with Crippen LogP contribution in [0.3, 0.4) is 0 Å². The molecule has 1 N–H and O–H groups in total. The molecule has 0 bridgehead atoms. The average Bonchev–Trinajstić information content (AvgIpc) is 2.59. The molecule has 3 rings (SSSR count). The zero-order chi connectivity index (χ0) is 16.6. The van der Waals surface area contributed by atoms with Crippen molar-refractivity contribution in [3.63, 3.8) is 0 Å². The molecule has 0 unspecified atom stereocenters. The number of ether oxygens (including phenoxy) is 1. The monoisotopic (exact) mass is 311 g/mol. The van der Waals surface area contributed by atoms with Crippen LogP contribution in [0.5, 0.6) is 5.75 Å². The molecule has 0 aromatic heterocycles. The number of rotatable bonds is 4. The van der Waals surface area contributed by atoms with Crippen LogP contribution in [0.1, 0.15) is 28.9 Å². The average molecular weight is 311 g/mol. The Bertz CT molecular complexity index is 737. The number of amides is 1. The minimum atomic E-state index is -0.980. The number of β-lactam (4-membered cyclic amide) rings is 1. The minimum Gasteiger partial charge on any atom is -0.497 e. The number of carbonyl (C=O) groups excluding carboxylic acids is 1. The zero-order valence-electron chi connectivity index (χ0n) is 12.9. The Morgan fingerprint density at radius 2 is 1.70 bits per heavy atom. The Labute approximate surface area is 134 Å². The molecule has 0 saturated carbocycles. The SMILES string of the molecule is COc1ccc([C@@H]2[C@@H](C)C(=O)N2c2ccc(C(=O)O)cc2)cc1. The number of aromatic carboxylic acids is 1. The fourth-order valence-electron chi connectivity index (χ4n) is 2.92. The second-order valence-electron chi connectivity index (χ2n) is 5.57. The predicted molar refractivity (Wildman–Crippen MR) is 85.8 cm³/mol. The van der Waals surface area contributed by atoms with Crippen molar-refractivity contribution >= 4 is 17.6 Å². The highest BCUT2D eigenvalue weighted by molar-refractivity contribution is 6.03. The van der Waals surface area contributed by atoms with E-state index < -0.39 is 5.97 Å². The molecule has 1 amide bonds. The van der Waals surface area contributed by atoms with E-state index in [9.17, 15) is 9.59 Å². The summed E-state index contributed by atoms with van der Waals surface area (Å²) in [6.07, 6.45) is 0. The van der Waals surface area contributed by atoms with Crippen molar-refractivity contribution in [1.82, 2.24) is 0 Å². The van der Waals surface area contributed by atoms with Crippen molar-refractivity contribution in [2.45, 2.75) is 13.0 Å². The van der Waals surface area contributed by atoms with E-state index in [1.807, 2.05) is 31.2 Å². The smallest absolute Gasteiger partial charge is 0.335 e. The van der Waals surface area contributed by atoms with Crippen LogP contribution in [0.15, 0.2) is 48.5 Å². The maximum atomic E-state index is 12.3. The number of hydrogen-bond donors (Lipinski definition) is 1. The largest absolute Gasteiger partial charge is 0.497 e. The number of carboxylic acid groups (broad SMARTS) is 1. The van der Waals surface area contributed by atoms with Gasteiger partial charge in [-0.2, -0.15) is 0 Å². The van der Waals surface area contributed by atoms with Gasteiger partial charge in [0.25, 0.3) is 0 Å². The number of carbonyl (C=O) groups is 2. The van der Waals surface area contributed by atoms with E-state index in [0.717, 1.165) is 11.3 Å². The molecular formula is C18H17NO4. The highest BCUT2D eigenvalue weighted by Gasteiger charge is 2.45. The highest BCUT2D eigenvalue weighted by atomic mass is 16.5. The molecule has 0 radical (unpaired) electrons. The standard InChI is InChI=1S/C18H17NO4/c1-11-16(12-5-9-15(23-2)10-6-12)19(17(11)20)14-7-3-13(4-8-14)18(21)22/h3-11,16H,1-2H3,(H,21,22)/t11-,16+/m1/s1. The summed E-state index contributed by atoms with van der Waals surface area (Å²) < 4.78 is 5.16. The van der Waals surface area contributed by atoms with E-state index >= 15 is 0 Å². The van der Waals surface area contributed by atoms with Gasteiger partial charge in [-0.25, -0.2) is 4.79 Å². The number of benzene rings is 2. The topological polar surface area (TPSA) is 66.8 Å². The van der Waals surface area contributed by atoms with E-state index in [1.54, 1.807) is 24.1 Å². The lowest BCUT2D eigenvalue weighted by molar-refractivity contribution is -0.129. The van der Waals surface area contributed by atoms with Gasteiger partial charge in [-0.3, -0.25) is 4.79 Å². The lowest BCUT2D eigenvalue weighted by Crippen LogP contribution is -2.54. The minimum absolute atomic E-state index is 0.0360. The van der Waals surface area contributed by atoms with Gasteiger partial charge in [-0.1, -0.05) is 19.1 Å². The summed E-state index contributed by atoms with van der Waals surface area (Å²) in [7, 11) is 1.61. The Morgan fingerprint density at radius 1 is 1.09 bits per heavy atom. The molecular weight excluding hydrogens is 294 g/mol. The molecule has 2 atom stereocenters. The first-order chi connectivity index (χ1) is 11.0. The number of anilines is 1. The fourth-order valence-corrected chi connectivity index (χ4v) is 2.92. The summed E-state index contributed by atoms with van der Waals surface area (Å²) in [6, 6.07) is 14.0. The molecule has 5 nitrogen and oxygen atoms in total. The molecule has 0 spiro atoms. The first-order valence-corrected chi connectivity index (χ1v) is 7.33. The van der Waals surface area contributed by atoms with Crippen LogP contribution in [-0.2, 0) is 4.79 Å². The summed E-state index contributed by atoms with van der Waals surface area (Å²) in [5, 5.41) is 8.97. The van der Waals surface area contributed by atoms with E-state index in [0.29, 0.717) is 5.69 Å². The lowest BCUT2D eigenvalue weighted by atomic mass is 9.83. The maximum absolute atomic E-state index is 12.3. The summed E-state index contributed by atoms with van der Waals surface area (Å²) in [4.78, 5) is 24.9. The number of nitrogens with zero attached hydrogens (tertiary/aromatic N) is 1. The van der Waals surface area contributed by atoms with Crippen LogP contribution in [0, 0.1) is 5.92 Å². The molecule has 1 saturated heterocycles. The molecule has 1 aliphatic rings. The summed E-state index contributed by atoms with van der Waals surface area (Å²) in [5.41, 5.74) is 1.94. The number of carboxylic acids is 1. The van der Waals surface area contributed by atoms with Crippen LogP contribution in [0.4, 0.5) is 5.69 Å². The molecule has 5 heteroatoms. The van der Waals surface area contributed by atoms with Crippen molar-refractivity contribution in [3.8, 4) is 5.75 Å². The Balaban J connectivity index is 1.90. The zero-order valence-corrected chi connectivity index (χ0v) is 12.9. The van der Waals surface area contributed by atoms with Crippen LogP contribution < -0.4 is 9.64 Å². The van der Waals surface area contributed by atoms with Crippen molar-refractivity contribution < 1.29 is 19.4 Å². The van der Waals surface area contributed by atoms with Gasteiger partial charge in [0, 0.05) is 5.69 Å². The van der Waals surface area contributed by atoms with Crippen LogP contribution >= 0.6 is 0 Å². The van der Waals surface area contributed by atoms with Gasteiger partial charge in [0.05, 0.1) is 24.6 Å². The highest BCUT2D eigenvalue weighted by Crippen LogP contribution is 2.43. The quantitative estimate of drug-likeness (QED) is 0.881. The number of methoxy groups -OCH3 is 1. The maximum Gasteiger partial charge on any atom is 0.335 e. The molecule has 0 aliphatic carbocycles. The molecule has 1 heterocycles. The molecule has 2 aromatic carbocycles. The van der Waals surface area contributed by atoms with E-state index in [4.69, 9.17) is 9.84 Å². The van der Waals surface area contributed by atoms with Gasteiger partial charge in [0.15, 0.2) is 0 Å². The van der Waals surface area contributed by atoms with Gasteiger partial charge in [-0.15, -0.1) is 0 Å². The summed E-state index contributed by atoms with van der Waals surface area (Å²) >= 11 is 0. The lowest BCUT2D eigenvalue weighted by Gasteiger charge is -2.46. The molecule has 1 fully saturated rings. The third-order valence-corrected chi connectivity index (χ3v) is 4.23. The van der Waals surface area contributed by atoms with E-state index in [1.165, 1.54) is 12.1 Å². The molecule has 1 aliphatic heterocycles. The van der Waals surface area contributed by atoms with Gasteiger partial charge >= 0.3 is 5.97 Å². The van der Waals surface area contributed by atoms with Crippen molar-refractivity contribution in [2.75, 3.05) is 12.0 Å². The summed E-state index contributed by atoms with van der Waals surface area (Å²) in [6.45, 7) is 1.90. The fraction of sp³-hybridized carbons (Fsp3) is 0.222. The van der Waals surface area contributed by atoms with Crippen LogP contribution in [-0.4, -0.2) is 24.1 Å². The Hall–Kier alpha value is -2.82. The first-order valence-electron chi connectivity index (χ1n) is 7.33. The third-order valence-electron chi connectivity index (χ3n) is 4.23. The summed E-state index contributed by atoms with van der Waals surface area (Å²) in [5.74, 6) is -0.285. The van der Waals surface area contributed by atoms with Gasteiger partial charge in [0.1, 0.15) is 5.75 Å². The van der Waals surface area contributed by atoms with Crippen LogP contribution in [0.2, 0.25) is 0 Å². The normalized spacial score (nSPS) is 20.1. The Morgan fingerprint density at radius 3 is 2.22 bits per heavy atom.